The van der Waals surface area contributed by atoms with Crippen LogP contribution in [0.5, 0.6) is 5.75 Å². The van der Waals surface area contributed by atoms with Gasteiger partial charge in [0.25, 0.3) is 0 Å². The normalized spacial score (nSPS) is 14.4. The molecule has 1 aromatic rings. The Labute approximate surface area is 112 Å². The highest BCUT2D eigenvalue weighted by atomic mass is 79.9. The van der Waals surface area contributed by atoms with Crippen molar-refractivity contribution in [2.75, 3.05) is 7.11 Å². The first-order chi connectivity index (χ1) is 8.10. The van der Waals surface area contributed by atoms with Crippen LogP contribution in [0, 0.1) is 0 Å². The molecule has 2 nitrogen and oxygen atoms in total. The number of ether oxygens (including phenoxy) is 1. The molecule has 0 saturated heterocycles. The van der Waals surface area contributed by atoms with Gasteiger partial charge in [0.1, 0.15) is 11.8 Å². The highest BCUT2D eigenvalue weighted by Crippen LogP contribution is 2.39. The van der Waals surface area contributed by atoms with Gasteiger partial charge in [0.15, 0.2) is 0 Å². The van der Waals surface area contributed by atoms with E-state index in [0.717, 1.165) is 0 Å². The van der Waals surface area contributed by atoms with Gasteiger partial charge >= 0.3 is 6.18 Å². The summed E-state index contributed by atoms with van der Waals surface area (Å²) in [6, 6.07) is 2.94. The molecule has 0 aliphatic heterocycles. The van der Waals surface area contributed by atoms with Crippen LogP contribution in [0.1, 0.15) is 19.4 Å². The third-order valence-electron chi connectivity index (χ3n) is 3.00. The Kier molecular flexibility index (Phi) is 4.33. The molecule has 0 amide bonds. The lowest BCUT2D eigenvalue weighted by molar-refractivity contribution is -0.160. The SMILES string of the molecule is COc1ccc(Br)c(C(C)(C)C(N)C(F)(F)F)c1. The largest absolute Gasteiger partial charge is 0.497 e. The number of rotatable bonds is 3. The molecule has 0 heterocycles. The molecule has 2 N–H and O–H groups in total. The molecular weight excluding hydrogens is 311 g/mol. The zero-order chi connectivity index (χ0) is 14.1. The molecule has 1 rings (SSSR count). The summed E-state index contributed by atoms with van der Waals surface area (Å²) in [6.45, 7) is 2.93. The van der Waals surface area contributed by atoms with Crippen LogP contribution in [0.3, 0.4) is 0 Å². The molecule has 0 aliphatic rings. The number of alkyl halides is 3. The number of benzene rings is 1. The van der Waals surface area contributed by atoms with Crippen molar-refractivity contribution in [1.82, 2.24) is 0 Å². The summed E-state index contributed by atoms with van der Waals surface area (Å²) in [7, 11) is 1.46. The first-order valence-electron chi connectivity index (χ1n) is 5.27. The van der Waals surface area contributed by atoms with E-state index >= 15 is 0 Å². The Balaban J connectivity index is 3.27. The van der Waals surface area contributed by atoms with E-state index in [4.69, 9.17) is 10.5 Å². The second kappa shape index (κ2) is 5.09. The van der Waals surface area contributed by atoms with Gasteiger partial charge in [-0.3, -0.25) is 0 Å². The molecule has 1 atom stereocenters. The van der Waals surface area contributed by atoms with Gasteiger partial charge in [0.2, 0.25) is 0 Å². The van der Waals surface area contributed by atoms with Gasteiger partial charge in [-0.05, 0) is 23.8 Å². The van der Waals surface area contributed by atoms with Crippen molar-refractivity contribution >= 4 is 15.9 Å². The topological polar surface area (TPSA) is 35.2 Å². The van der Waals surface area contributed by atoms with E-state index in [2.05, 4.69) is 15.9 Å². The fraction of sp³-hybridized carbons (Fsp3) is 0.500. The Morgan fingerprint density at radius 3 is 2.28 bits per heavy atom. The van der Waals surface area contributed by atoms with E-state index in [1.807, 2.05) is 0 Å². The van der Waals surface area contributed by atoms with Crippen molar-refractivity contribution < 1.29 is 17.9 Å². The first-order valence-corrected chi connectivity index (χ1v) is 6.06. The van der Waals surface area contributed by atoms with Crippen molar-refractivity contribution in [3.8, 4) is 5.75 Å². The minimum absolute atomic E-state index is 0.465. The average Bonchev–Trinajstić information content (AvgIpc) is 2.27. The second-order valence-corrected chi connectivity index (χ2v) is 5.44. The highest BCUT2D eigenvalue weighted by Gasteiger charge is 2.47. The van der Waals surface area contributed by atoms with Crippen molar-refractivity contribution in [2.24, 2.45) is 5.73 Å². The highest BCUT2D eigenvalue weighted by molar-refractivity contribution is 9.10. The van der Waals surface area contributed by atoms with Crippen molar-refractivity contribution in [1.29, 1.82) is 0 Å². The van der Waals surface area contributed by atoms with Gasteiger partial charge in [-0.2, -0.15) is 13.2 Å². The number of hydrogen-bond acceptors (Lipinski definition) is 2. The zero-order valence-electron chi connectivity index (χ0n) is 10.3. The van der Waals surface area contributed by atoms with Gasteiger partial charge in [-0.15, -0.1) is 0 Å². The summed E-state index contributed by atoms with van der Waals surface area (Å²) in [5.41, 5.74) is 4.54. The number of nitrogens with two attached hydrogens (primary N) is 1. The monoisotopic (exact) mass is 325 g/mol. The van der Waals surface area contributed by atoms with Crippen LogP contribution in [0.15, 0.2) is 22.7 Å². The van der Waals surface area contributed by atoms with Gasteiger partial charge < -0.3 is 10.5 Å². The Bertz CT molecular complexity index is 432. The van der Waals surface area contributed by atoms with Crippen LogP contribution in [0.25, 0.3) is 0 Å². The molecule has 1 aromatic carbocycles. The molecule has 0 aromatic heterocycles. The summed E-state index contributed by atoms with van der Waals surface area (Å²) in [5, 5.41) is 0. The van der Waals surface area contributed by atoms with E-state index in [0.29, 0.717) is 15.8 Å². The van der Waals surface area contributed by atoms with Crippen LogP contribution in [0.4, 0.5) is 13.2 Å². The number of hydrogen-bond donors (Lipinski definition) is 1. The van der Waals surface area contributed by atoms with Crippen molar-refractivity contribution in [3.05, 3.63) is 28.2 Å². The maximum Gasteiger partial charge on any atom is 0.404 e. The summed E-state index contributed by atoms with van der Waals surface area (Å²) in [5.74, 6) is 0.496. The van der Waals surface area contributed by atoms with E-state index in [1.54, 1.807) is 18.2 Å². The third-order valence-corrected chi connectivity index (χ3v) is 3.69. The summed E-state index contributed by atoms with van der Waals surface area (Å²) >= 11 is 3.25. The Hall–Kier alpha value is -0.750. The molecule has 18 heavy (non-hydrogen) atoms. The Morgan fingerprint density at radius 2 is 1.83 bits per heavy atom. The molecule has 0 aliphatic carbocycles. The zero-order valence-corrected chi connectivity index (χ0v) is 11.9. The maximum atomic E-state index is 12.8. The van der Waals surface area contributed by atoms with Gasteiger partial charge in [0.05, 0.1) is 7.11 Å². The predicted octanol–water partition coefficient (Wildman–Crippen LogP) is 3.62. The van der Waals surface area contributed by atoms with Crippen LogP contribution in [-0.4, -0.2) is 19.3 Å². The average molecular weight is 326 g/mol. The van der Waals surface area contributed by atoms with E-state index in [9.17, 15) is 13.2 Å². The van der Waals surface area contributed by atoms with Crippen molar-refractivity contribution in [3.63, 3.8) is 0 Å². The molecule has 0 fully saturated rings. The molecular formula is C12H15BrF3NO. The smallest absolute Gasteiger partial charge is 0.404 e. The third kappa shape index (κ3) is 2.98. The number of halogens is 4. The molecule has 6 heteroatoms. The summed E-state index contributed by atoms with van der Waals surface area (Å²) < 4.78 is 43.9. The Morgan fingerprint density at radius 1 is 1.28 bits per heavy atom. The molecule has 102 valence electrons. The standard InChI is InChI=1S/C12H15BrF3NO/c1-11(2,10(17)12(14,15)16)8-6-7(18-3)4-5-9(8)13/h4-6,10H,17H2,1-3H3. The minimum atomic E-state index is -4.45. The summed E-state index contributed by atoms with van der Waals surface area (Å²) in [4.78, 5) is 0. The van der Waals surface area contributed by atoms with Crippen LogP contribution in [-0.2, 0) is 5.41 Å². The van der Waals surface area contributed by atoms with Gasteiger partial charge in [-0.25, -0.2) is 0 Å². The van der Waals surface area contributed by atoms with E-state index in [-0.39, 0.29) is 0 Å². The lowest BCUT2D eigenvalue weighted by Crippen LogP contribution is -2.51. The van der Waals surface area contributed by atoms with Gasteiger partial charge in [0, 0.05) is 9.89 Å². The molecule has 0 bridgehead atoms. The van der Waals surface area contributed by atoms with Gasteiger partial charge in [-0.1, -0.05) is 29.8 Å². The van der Waals surface area contributed by atoms with Crippen LogP contribution in [0.2, 0.25) is 0 Å². The lowest BCUT2D eigenvalue weighted by atomic mass is 9.77. The van der Waals surface area contributed by atoms with Crippen LogP contribution >= 0.6 is 15.9 Å². The molecule has 0 radical (unpaired) electrons. The molecule has 1 unspecified atom stereocenters. The minimum Gasteiger partial charge on any atom is -0.497 e. The predicted molar refractivity (Wildman–Crippen MR) is 67.8 cm³/mol. The lowest BCUT2D eigenvalue weighted by Gasteiger charge is -2.34. The van der Waals surface area contributed by atoms with Crippen LogP contribution < -0.4 is 10.5 Å². The molecule has 0 saturated carbocycles. The summed E-state index contributed by atoms with van der Waals surface area (Å²) in [6.07, 6.45) is -4.45. The van der Waals surface area contributed by atoms with E-state index < -0.39 is 17.6 Å². The van der Waals surface area contributed by atoms with Crippen molar-refractivity contribution in [2.45, 2.75) is 31.5 Å². The maximum absolute atomic E-state index is 12.8. The number of methoxy groups -OCH3 is 1. The first kappa shape index (κ1) is 15.3. The second-order valence-electron chi connectivity index (χ2n) is 4.59. The fourth-order valence-corrected chi connectivity index (χ4v) is 2.46. The fourth-order valence-electron chi connectivity index (χ4n) is 1.70. The molecule has 0 spiro atoms. The quantitative estimate of drug-likeness (QED) is 0.921. The van der Waals surface area contributed by atoms with E-state index in [1.165, 1.54) is 21.0 Å².